The van der Waals surface area contributed by atoms with Crippen LogP contribution in [0.5, 0.6) is 0 Å². The molecule has 4 heterocycles. The van der Waals surface area contributed by atoms with Crippen molar-refractivity contribution in [3.8, 4) is 0 Å². The van der Waals surface area contributed by atoms with E-state index in [-0.39, 0.29) is 18.2 Å². The average Bonchev–Trinajstić information content (AvgIpc) is 3.20. The second-order valence-electron chi connectivity index (χ2n) is 8.17. The zero-order chi connectivity index (χ0) is 21.0. The first kappa shape index (κ1) is 18.7. The summed E-state index contributed by atoms with van der Waals surface area (Å²) in [6.07, 6.45) is 1.57. The number of nitrogen functional groups attached to an aromatic ring is 1. The van der Waals surface area contributed by atoms with Gasteiger partial charge in [-0.25, -0.2) is 4.68 Å². The summed E-state index contributed by atoms with van der Waals surface area (Å²) in [4.78, 5) is 40.9. The van der Waals surface area contributed by atoms with Crippen LogP contribution in [0.3, 0.4) is 0 Å². The van der Waals surface area contributed by atoms with E-state index < -0.39 is 11.9 Å². The molecule has 2 aromatic rings. The Labute approximate surface area is 173 Å². The number of benzene rings is 1. The number of anilines is 2. The molecule has 3 aliphatic heterocycles. The maximum absolute atomic E-state index is 13.3. The number of nitrogens with zero attached hydrogens (tertiary/aromatic N) is 4. The molecule has 0 bridgehead atoms. The number of nitrogens with two attached hydrogens (primary N) is 1. The largest absolute Gasteiger partial charge is 0.394 e. The Morgan fingerprint density at radius 3 is 2.87 bits per heavy atom. The lowest BCUT2D eigenvalue weighted by Crippen LogP contribution is -2.52. The monoisotopic (exact) mass is 408 g/mol. The normalized spacial score (nSPS) is 21.0. The summed E-state index contributed by atoms with van der Waals surface area (Å²) in [5.41, 5.74) is 10.3. The van der Waals surface area contributed by atoms with Crippen molar-refractivity contribution in [2.75, 3.05) is 17.2 Å². The molecule has 1 fully saturated rings. The summed E-state index contributed by atoms with van der Waals surface area (Å²) in [5, 5.41) is 6.87. The molecule has 0 radical (unpaired) electrons. The van der Waals surface area contributed by atoms with Crippen molar-refractivity contribution in [1.29, 1.82) is 0 Å². The average molecular weight is 408 g/mol. The Hall–Kier alpha value is -3.36. The minimum atomic E-state index is -0.606. The zero-order valence-corrected chi connectivity index (χ0v) is 16.9. The van der Waals surface area contributed by atoms with Crippen LogP contribution in [0.4, 0.5) is 11.5 Å². The van der Waals surface area contributed by atoms with Crippen molar-refractivity contribution in [2.24, 2.45) is 0 Å². The van der Waals surface area contributed by atoms with E-state index in [1.165, 1.54) is 0 Å². The fourth-order valence-corrected chi connectivity index (χ4v) is 4.77. The van der Waals surface area contributed by atoms with Gasteiger partial charge in [0, 0.05) is 38.2 Å². The number of carbonyl (C=O) groups is 3. The smallest absolute Gasteiger partial charge is 0.255 e. The van der Waals surface area contributed by atoms with Crippen molar-refractivity contribution < 1.29 is 14.4 Å². The van der Waals surface area contributed by atoms with Gasteiger partial charge in [0.2, 0.25) is 11.8 Å². The van der Waals surface area contributed by atoms with Gasteiger partial charge in [0.15, 0.2) is 5.82 Å². The van der Waals surface area contributed by atoms with Gasteiger partial charge < -0.3 is 15.5 Å². The van der Waals surface area contributed by atoms with E-state index in [1.54, 1.807) is 4.90 Å². The Morgan fingerprint density at radius 1 is 1.23 bits per heavy atom. The second kappa shape index (κ2) is 6.86. The highest BCUT2D eigenvalue weighted by atomic mass is 16.2. The number of piperidine rings is 1. The lowest BCUT2D eigenvalue weighted by molar-refractivity contribution is -0.136. The molecule has 1 saturated heterocycles. The number of hydrogen-bond acceptors (Lipinski definition) is 6. The summed E-state index contributed by atoms with van der Waals surface area (Å²) >= 11 is 0. The van der Waals surface area contributed by atoms with E-state index in [9.17, 15) is 14.4 Å². The highest BCUT2D eigenvalue weighted by Gasteiger charge is 2.40. The predicted molar refractivity (Wildman–Crippen MR) is 110 cm³/mol. The lowest BCUT2D eigenvalue weighted by atomic mass is 10.0. The van der Waals surface area contributed by atoms with Crippen LogP contribution in [0.2, 0.25) is 0 Å². The topological polar surface area (TPSA) is 114 Å². The summed E-state index contributed by atoms with van der Waals surface area (Å²) in [7, 11) is 0. The van der Waals surface area contributed by atoms with Gasteiger partial charge in [0.1, 0.15) is 6.04 Å². The second-order valence-corrected chi connectivity index (χ2v) is 8.17. The van der Waals surface area contributed by atoms with Crippen LogP contribution in [-0.4, -0.2) is 45.0 Å². The summed E-state index contributed by atoms with van der Waals surface area (Å²) < 4.78 is 1.94. The fraction of sp³-hybridized carbons (Fsp3) is 0.429. The van der Waals surface area contributed by atoms with Crippen LogP contribution < -0.4 is 16.0 Å². The number of imide groups is 1. The Balaban J connectivity index is 1.44. The van der Waals surface area contributed by atoms with E-state index in [1.807, 2.05) is 29.8 Å². The molecule has 3 aliphatic rings. The highest BCUT2D eigenvalue weighted by molar-refractivity contribution is 6.06. The first-order chi connectivity index (χ1) is 14.4. The summed E-state index contributed by atoms with van der Waals surface area (Å²) in [6.45, 7) is 4.50. The third-order valence-electron chi connectivity index (χ3n) is 6.24. The van der Waals surface area contributed by atoms with Crippen LogP contribution in [-0.2, 0) is 29.2 Å². The third-order valence-corrected chi connectivity index (χ3v) is 6.24. The minimum Gasteiger partial charge on any atom is -0.394 e. The molecule has 0 spiro atoms. The molecular formula is C21H24N6O3. The number of aromatic nitrogens is 2. The van der Waals surface area contributed by atoms with E-state index >= 15 is 0 Å². The van der Waals surface area contributed by atoms with Crippen molar-refractivity contribution >= 4 is 29.2 Å². The molecular weight excluding hydrogens is 384 g/mol. The number of nitrogens with one attached hydrogen (secondary N) is 1. The molecule has 1 aromatic heterocycles. The number of fused-ring (bicyclic) bond motifs is 2. The number of carbonyl (C=O) groups excluding carboxylic acids is 3. The molecule has 3 amide bonds. The van der Waals surface area contributed by atoms with Gasteiger partial charge in [-0.15, -0.1) is 0 Å². The Morgan fingerprint density at radius 2 is 2.07 bits per heavy atom. The van der Waals surface area contributed by atoms with E-state index in [4.69, 9.17) is 5.73 Å². The molecule has 0 aliphatic carbocycles. The number of hydrogen-bond donors (Lipinski definition) is 2. The van der Waals surface area contributed by atoms with Crippen LogP contribution in [0.15, 0.2) is 18.2 Å². The molecule has 5 rings (SSSR count). The number of rotatable bonds is 3. The predicted octanol–water partition coefficient (Wildman–Crippen LogP) is 0.945. The van der Waals surface area contributed by atoms with Crippen molar-refractivity contribution in [3.63, 3.8) is 0 Å². The molecule has 1 unspecified atom stereocenters. The molecule has 1 aromatic carbocycles. The highest BCUT2D eigenvalue weighted by Crippen LogP contribution is 2.34. The summed E-state index contributed by atoms with van der Waals surface area (Å²) in [6, 6.07) is 5.24. The fourth-order valence-electron chi connectivity index (χ4n) is 4.77. The number of amides is 3. The van der Waals surface area contributed by atoms with Crippen molar-refractivity contribution in [2.45, 2.75) is 51.9 Å². The van der Waals surface area contributed by atoms with Gasteiger partial charge in [0.05, 0.1) is 11.4 Å². The first-order valence-electron chi connectivity index (χ1n) is 10.3. The first-order valence-corrected chi connectivity index (χ1v) is 10.3. The van der Waals surface area contributed by atoms with E-state index in [2.05, 4.69) is 15.3 Å². The van der Waals surface area contributed by atoms with Crippen LogP contribution >= 0.6 is 0 Å². The van der Waals surface area contributed by atoms with Gasteiger partial charge in [0.25, 0.3) is 5.91 Å². The van der Waals surface area contributed by atoms with Gasteiger partial charge in [-0.3, -0.25) is 19.7 Å². The SMILES string of the molecule is Cc1nn2c(c1N)N(Cc1cccc3c1C(=O)N(C1CCC(=O)NC1=O)C3)CCC2. The van der Waals surface area contributed by atoms with Crippen LogP contribution in [0, 0.1) is 6.92 Å². The van der Waals surface area contributed by atoms with Crippen LogP contribution in [0.1, 0.15) is 46.4 Å². The molecule has 156 valence electrons. The van der Waals surface area contributed by atoms with Crippen LogP contribution in [0.25, 0.3) is 0 Å². The Kier molecular flexibility index (Phi) is 4.27. The van der Waals surface area contributed by atoms with Gasteiger partial charge in [-0.05, 0) is 30.9 Å². The summed E-state index contributed by atoms with van der Waals surface area (Å²) in [5.74, 6) is 0.0847. The maximum atomic E-state index is 13.3. The van der Waals surface area contributed by atoms with Gasteiger partial charge >= 0.3 is 0 Å². The van der Waals surface area contributed by atoms with E-state index in [0.29, 0.717) is 30.8 Å². The minimum absolute atomic E-state index is 0.148. The molecule has 30 heavy (non-hydrogen) atoms. The van der Waals surface area contributed by atoms with Gasteiger partial charge in [-0.1, -0.05) is 18.2 Å². The molecule has 9 heteroatoms. The van der Waals surface area contributed by atoms with E-state index in [0.717, 1.165) is 42.1 Å². The Bertz CT molecular complexity index is 1070. The van der Waals surface area contributed by atoms with Gasteiger partial charge in [-0.2, -0.15) is 5.10 Å². The lowest BCUT2D eigenvalue weighted by Gasteiger charge is -2.31. The third kappa shape index (κ3) is 2.84. The van der Waals surface area contributed by atoms with Crippen molar-refractivity contribution in [3.05, 3.63) is 40.6 Å². The maximum Gasteiger partial charge on any atom is 0.255 e. The number of aryl methyl sites for hydroxylation is 2. The molecule has 3 N–H and O–H groups in total. The molecule has 0 saturated carbocycles. The van der Waals surface area contributed by atoms with Crippen molar-refractivity contribution in [1.82, 2.24) is 20.0 Å². The molecule has 1 atom stereocenters. The zero-order valence-electron chi connectivity index (χ0n) is 16.9. The standard InChI is InChI=1S/C21H24N6O3/c1-12-18(22)20-25(8-3-9-27(20)24-12)10-13-4-2-5-14-11-26(21(30)17(13)14)15-6-7-16(28)23-19(15)29/h2,4-5,15H,3,6-11,22H2,1H3,(H,23,28,29). The quantitative estimate of drug-likeness (QED) is 0.731. The molecule has 9 nitrogen and oxygen atoms in total.